The molecule has 0 aliphatic rings. The lowest BCUT2D eigenvalue weighted by molar-refractivity contribution is 0.100. The van der Waals surface area contributed by atoms with Gasteiger partial charge in [-0.1, -0.05) is 54.6 Å². The van der Waals surface area contributed by atoms with Crippen molar-refractivity contribution in [3.8, 4) is 28.5 Å². The lowest BCUT2D eigenvalue weighted by atomic mass is 9.98. The number of carbonyl (C=O) groups is 1. The Morgan fingerprint density at radius 3 is 2.60 bits per heavy atom. The first-order valence-corrected chi connectivity index (χ1v) is 10.8. The number of fused-ring (bicyclic) bond motifs is 1. The van der Waals surface area contributed by atoms with Crippen LogP contribution >= 0.6 is 0 Å². The molecule has 11 nitrogen and oxygen atoms in total. The predicted octanol–water partition coefficient (Wildman–Crippen LogP) is 4.78. The minimum atomic E-state index is -0.671. The number of ether oxygens (including phenoxy) is 1. The molecular weight excluding hydrogens is 446 g/mol. The van der Waals surface area contributed by atoms with Crippen molar-refractivity contribution in [1.29, 1.82) is 0 Å². The van der Waals surface area contributed by atoms with Gasteiger partial charge in [0, 0.05) is 10.5 Å². The number of imidazole rings is 1. The van der Waals surface area contributed by atoms with Crippen LogP contribution in [-0.4, -0.2) is 42.7 Å². The zero-order valence-electron chi connectivity index (χ0n) is 18.7. The number of H-pyrrole nitrogens is 1. The third-order valence-electron chi connectivity index (χ3n) is 5.49. The van der Waals surface area contributed by atoms with E-state index in [1.807, 2.05) is 60.0 Å². The SMILES string of the molecule is CCOc1nc2cccc(C(=O)N=[N+]=[N-])c2n1Cc1ccc(-c2ccccc2-c2nn[nH]n2)cc1. The van der Waals surface area contributed by atoms with Gasteiger partial charge in [0.25, 0.3) is 11.9 Å². The van der Waals surface area contributed by atoms with E-state index in [4.69, 9.17) is 10.3 Å². The number of hydrogen-bond acceptors (Lipinski definition) is 6. The first-order valence-electron chi connectivity index (χ1n) is 10.8. The van der Waals surface area contributed by atoms with Crippen LogP contribution < -0.4 is 4.74 Å². The molecule has 0 fully saturated rings. The van der Waals surface area contributed by atoms with Gasteiger partial charge in [-0.25, -0.2) is 0 Å². The summed E-state index contributed by atoms with van der Waals surface area (Å²) >= 11 is 0. The zero-order valence-corrected chi connectivity index (χ0v) is 18.7. The summed E-state index contributed by atoms with van der Waals surface area (Å²) in [4.78, 5) is 19.6. The van der Waals surface area contributed by atoms with Crippen LogP contribution in [0.4, 0.5) is 0 Å². The van der Waals surface area contributed by atoms with E-state index in [0.717, 1.165) is 22.3 Å². The Kier molecular flexibility index (Phi) is 5.89. The highest BCUT2D eigenvalue weighted by molar-refractivity contribution is 6.05. The number of benzene rings is 3. The number of aromatic amines is 1. The molecule has 0 saturated heterocycles. The molecule has 0 aliphatic heterocycles. The smallest absolute Gasteiger partial charge is 0.297 e. The average Bonchev–Trinajstić information content (AvgIpc) is 3.54. The van der Waals surface area contributed by atoms with Gasteiger partial charge in [0.15, 0.2) is 0 Å². The predicted molar refractivity (Wildman–Crippen MR) is 129 cm³/mol. The molecule has 0 bridgehead atoms. The standard InChI is InChI=1S/C24H19N9O2/c1-2-35-24-26-20-9-5-8-19(23(34)29-30-25)21(20)33(24)14-15-10-12-16(13-11-15)17-6-3-4-7-18(17)22-27-31-32-28-22/h3-13H,2,14H2,1H3,(H,27,28,31,32). The van der Waals surface area contributed by atoms with Crippen molar-refractivity contribution in [3.05, 3.63) is 88.3 Å². The van der Waals surface area contributed by atoms with E-state index in [0.29, 0.717) is 36.0 Å². The molecule has 5 rings (SSSR count). The van der Waals surface area contributed by atoms with Crippen molar-refractivity contribution in [3.63, 3.8) is 0 Å². The summed E-state index contributed by atoms with van der Waals surface area (Å²) in [5.74, 6) is -0.149. The lowest BCUT2D eigenvalue weighted by Gasteiger charge is -2.12. The minimum Gasteiger partial charge on any atom is -0.465 e. The largest absolute Gasteiger partial charge is 0.465 e. The van der Waals surface area contributed by atoms with E-state index in [-0.39, 0.29) is 5.56 Å². The Morgan fingerprint density at radius 1 is 1.09 bits per heavy atom. The monoisotopic (exact) mass is 465 g/mol. The quantitative estimate of drug-likeness (QED) is 0.208. The maximum Gasteiger partial charge on any atom is 0.297 e. The van der Waals surface area contributed by atoms with Crippen molar-refractivity contribution in [2.45, 2.75) is 13.5 Å². The molecule has 1 amide bonds. The van der Waals surface area contributed by atoms with Gasteiger partial charge >= 0.3 is 0 Å². The molecule has 3 aromatic carbocycles. The third-order valence-corrected chi connectivity index (χ3v) is 5.49. The molecule has 0 radical (unpaired) electrons. The summed E-state index contributed by atoms with van der Waals surface area (Å²) in [6, 6.07) is 21.4. The second kappa shape index (κ2) is 9.46. The Hall–Kier alpha value is -5.02. The van der Waals surface area contributed by atoms with E-state index in [9.17, 15) is 4.79 Å². The summed E-state index contributed by atoms with van der Waals surface area (Å²) in [6.07, 6.45) is 0. The van der Waals surface area contributed by atoms with Crippen LogP contribution in [0.5, 0.6) is 6.01 Å². The van der Waals surface area contributed by atoms with E-state index in [1.165, 1.54) is 0 Å². The molecule has 35 heavy (non-hydrogen) atoms. The van der Waals surface area contributed by atoms with Crippen molar-refractivity contribution < 1.29 is 9.53 Å². The fourth-order valence-corrected chi connectivity index (χ4v) is 4.00. The topological polar surface area (TPSA) is 147 Å². The van der Waals surface area contributed by atoms with Crippen LogP contribution in [0.2, 0.25) is 0 Å². The van der Waals surface area contributed by atoms with Crippen molar-refractivity contribution in [1.82, 2.24) is 30.2 Å². The normalized spacial score (nSPS) is 10.8. The Morgan fingerprint density at radius 2 is 1.89 bits per heavy atom. The summed E-state index contributed by atoms with van der Waals surface area (Å²) in [6.45, 7) is 2.68. The van der Waals surface area contributed by atoms with E-state index in [1.54, 1.807) is 18.2 Å². The first-order chi connectivity index (χ1) is 17.2. The number of aromatic nitrogens is 6. The molecule has 0 unspecified atom stereocenters. The molecule has 0 spiro atoms. The van der Waals surface area contributed by atoms with Crippen molar-refractivity contribution in [2.75, 3.05) is 6.61 Å². The molecule has 11 heteroatoms. The van der Waals surface area contributed by atoms with Crippen LogP contribution in [0, 0.1) is 0 Å². The maximum absolute atomic E-state index is 12.4. The molecular formula is C24H19N9O2. The Bertz CT molecular complexity index is 1550. The van der Waals surface area contributed by atoms with Crippen LogP contribution in [0.25, 0.3) is 44.0 Å². The molecule has 1 N–H and O–H groups in total. The minimum absolute atomic E-state index is 0.268. The van der Waals surface area contributed by atoms with Crippen molar-refractivity contribution >= 4 is 16.9 Å². The van der Waals surface area contributed by atoms with Crippen molar-refractivity contribution in [2.24, 2.45) is 5.11 Å². The number of carbonyl (C=O) groups excluding carboxylic acids is 1. The summed E-state index contributed by atoms with van der Waals surface area (Å²) in [5.41, 5.74) is 14.0. The van der Waals surface area contributed by atoms with Gasteiger partial charge in [-0.2, -0.15) is 10.2 Å². The van der Waals surface area contributed by atoms with Crippen LogP contribution in [0.3, 0.4) is 0 Å². The highest BCUT2D eigenvalue weighted by atomic mass is 16.5. The number of nitrogens with zero attached hydrogens (tertiary/aromatic N) is 8. The first kappa shape index (κ1) is 21.8. The maximum atomic E-state index is 12.4. The number of nitrogens with one attached hydrogen (secondary N) is 1. The molecule has 2 aromatic heterocycles. The summed E-state index contributed by atoms with van der Waals surface area (Å²) < 4.78 is 7.57. The van der Waals surface area contributed by atoms with E-state index < -0.39 is 5.91 Å². The summed E-state index contributed by atoms with van der Waals surface area (Å²) in [7, 11) is 0. The molecule has 5 aromatic rings. The molecule has 0 atom stereocenters. The van der Waals surface area contributed by atoms with Crippen LogP contribution in [0.1, 0.15) is 22.8 Å². The van der Waals surface area contributed by atoms with Gasteiger partial charge < -0.3 is 4.74 Å². The Balaban J connectivity index is 1.54. The highest BCUT2D eigenvalue weighted by Gasteiger charge is 2.19. The van der Waals surface area contributed by atoms with E-state index >= 15 is 0 Å². The second-order valence-electron chi connectivity index (χ2n) is 7.56. The van der Waals surface area contributed by atoms with Gasteiger partial charge in [-0.15, -0.1) is 10.2 Å². The van der Waals surface area contributed by atoms with Gasteiger partial charge in [-0.3, -0.25) is 9.36 Å². The second-order valence-corrected chi connectivity index (χ2v) is 7.56. The number of azide groups is 1. The molecule has 2 heterocycles. The zero-order chi connectivity index (χ0) is 24.2. The molecule has 0 aliphatic carbocycles. The molecule has 0 saturated carbocycles. The fourth-order valence-electron chi connectivity index (χ4n) is 4.00. The van der Waals surface area contributed by atoms with Gasteiger partial charge in [0.2, 0.25) is 5.82 Å². The lowest BCUT2D eigenvalue weighted by Crippen LogP contribution is -2.07. The highest BCUT2D eigenvalue weighted by Crippen LogP contribution is 2.31. The number of amides is 1. The summed E-state index contributed by atoms with van der Waals surface area (Å²) in [5, 5.41) is 17.6. The number of hydrogen-bond donors (Lipinski definition) is 1. The average molecular weight is 465 g/mol. The number of rotatable bonds is 7. The fraction of sp³-hybridized carbons (Fsp3) is 0.125. The van der Waals surface area contributed by atoms with E-state index in [2.05, 4.69) is 35.6 Å². The molecule has 172 valence electrons. The van der Waals surface area contributed by atoms with Gasteiger partial charge in [0.05, 0.1) is 29.7 Å². The van der Waals surface area contributed by atoms with Crippen LogP contribution in [-0.2, 0) is 6.54 Å². The van der Waals surface area contributed by atoms with Gasteiger partial charge in [-0.05, 0) is 51.6 Å². The number of tetrazole rings is 1. The Labute approximate surface area is 199 Å². The van der Waals surface area contributed by atoms with Crippen LogP contribution in [0.15, 0.2) is 71.8 Å². The number of para-hydroxylation sites is 1. The third kappa shape index (κ3) is 4.19. The van der Waals surface area contributed by atoms with Gasteiger partial charge in [0.1, 0.15) is 0 Å².